The van der Waals surface area contributed by atoms with Crippen LogP contribution in [0.15, 0.2) is 84.9 Å². The Bertz CT molecular complexity index is 839. The molecule has 0 aromatic heterocycles. The van der Waals surface area contributed by atoms with Gasteiger partial charge < -0.3 is 9.47 Å². The summed E-state index contributed by atoms with van der Waals surface area (Å²) in [5.74, 6) is 1.87. The monoisotopic (exact) mass is 372 g/mol. The van der Waals surface area contributed by atoms with Crippen LogP contribution in [0, 0.1) is 0 Å². The summed E-state index contributed by atoms with van der Waals surface area (Å²) in [7, 11) is 0. The molecule has 1 heterocycles. The second-order valence-electron chi connectivity index (χ2n) is 7.69. The van der Waals surface area contributed by atoms with E-state index >= 15 is 0 Å². The first-order chi connectivity index (χ1) is 13.8. The van der Waals surface area contributed by atoms with E-state index in [2.05, 4.69) is 91.9 Å². The molecular weight excluding hydrogens is 344 g/mol. The normalized spacial score (nSPS) is 17.7. The van der Waals surface area contributed by atoms with Crippen molar-refractivity contribution < 1.29 is 9.47 Å². The number of hydrogen-bond donors (Lipinski definition) is 0. The molecule has 1 fully saturated rings. The molecule has 2 heteroatoms. The molecular formula is C26H28O2. The van der Waals surface area contributed by atoms with Gasteiger partial charge in [-0.1, -0.05) is 79.7 Å². The highest BCUT2D eigenvalue weighted by molar-refractivity contribution is 5.36. The van der Waals surface area contributed by atoms with Gasteiger partial charge in [0, 0.05) is 5.92 Å². The van der Waals surface area contributed by atoms with Gasteiger partial charge in [-0.2, -0.15) is 0 Å². The highest BCUT2D eigenvalue weighted by Gasteiger charge is 2.23. The van der Waals surface area contributed by atoms with Gasteiger partial charge >= 0.3 is 0 Å². The third-order valence-corrected chi connectivity index (χ3v) is 5.58. The molecule has 1 aliphatic rings. The molecule has 0 aliphatic carbocycles. The summed E-state index contributed by atoms with van der Waals surface area (Å²) in [5.41, 5.74) is 4.14. The Morgan fingerprint density at radius 1 is 0.786 bits per heavy atom. The fourth-order valence-electron chi connectivity index (χ4n) is 3.73. The van der Waals surface area contributed by atoms with Crippen molar-refractivity contribution in [2.75, 3.05) is 13.2 Å². The van der Waals surface area contributed by atoms with Gasteiger partial charge in [0.2, 0.25) is 0 Å². The maximum absolute atomic E-state index is 5.80. The smallest absolute Gasteiger partial charge is 0.119 e. The first-order valence-corrected chi connectivity index (χ1v) is 10.2. The Kier molecular flexibility index (Phi) is 6.08. The van der Waals surface area contributed by atoms with Crippen LogP contribution in [0.3, 0.4) is 0 Å². The van der Waals surface area contributed by atoms with Crippen LogP contribution in [0.2, 0.25) is 0 Å². The lowest BCUT2D eigenvalue weighted by Gasteiger charge is -2.21. The highest BCUT2D eigenvalue weighted by atomic mass is 16.6. The summed E-state index contributed by atoms with van der Waals surface area (Å²) in [5, 5.41) is 0. The zero-order chi connectivity index (χ0) is 19.2. The lowest BCUT2D eigenvalue weighted by atomic mass is 9.84. The number of rotatable bonds is 9. The summed E-state index contributed by atoms with van der Waals surface area (Å²) in [6, 6.07) is 30.3. The zero-order valence-electron chi connectivity index (χ0n) is 16.5. The van der Waals surface area contributed by atoms with E-state index in [1.54, 1.807) is 0 Å². The van der Waals surface area contributed by atoms with Crippen molar-refractivity contribution in [3.63, 3.8) is 0 Å². The van der Waals surface area contributed by atoms with E-state index in [-0.39, 0.29) is 6.10 Å². The molecule has 0 radical (unpaired) electrons. The quantitative estimate of drug-likeness (QED) is 0.418. The number of ether oxygens (including phenoxy) is 2. The summed E-state index contributed by atoms with van der Waals surface area (Å²) < 4.78 is 11.0. The molecule has 1 aliphatic heterocycles. The average molecular weight is 373 g/mol. The fraction of sp³-hybridized carbons (Fsp3) is 0.308. The summed E-state index contributed by atoms with van der Waals surface area (Å²) >= 11 is 0. The highest BCUT2D eigenvalue weighted by Crippen LogP contribution is 2.33. The molecule has 3 unspecified atom stereocenters. The van der Waals surface area contributed by atoms with Gasteiger partial charge in [0.05, 0.1) is 6.61 Å². The predicted octanol–water partition coefficient (Wildman–Crippen LogP) is 6.18. The first-order valence-electron chi connectivity index (χ1n) is 10.2. The summed E-state index contributed by atoms with van der Waals surface area (Å²) in [6.45, 7) is 3.80. The average Bonchev–Trinajstić information content (AvgIpc) is 3.59. The molecule has 28 heavy (non-hydrogen) atoms. The maximum Gasteiger partial charge on any atom is 0.119 e. The van der Waals surface area contributed by atoms with Gasteiger partial charge in [-0.3, -0.25) is 0 Å². The molecule has 0 N–H and O–H groups in total. The van der Waals surface area contributed by atoms with E-state index in [4.69, 9.17) is 9.47 Å². The predicted molar refractivity (Wildman–Crippen MR) is 114 cm³/mol. The van der Waals surface area contributed by atoms with E-state index in [0.29, 0.717) is 18.4 Å². The van der Waals surface area contributed by atoms with E-state index in [1.807, 2.05) is 0 Å². The van der Waals surface area contributed by atoms with Crippen molar-refractivity contribution in [2.24, 2.45) is 0 Å². The van der Waals surface area contributed by atoms with Crippen LogP contribution in [0.25, 0.3) is 0 Å². The molecule has 0 spiro atoms. The molecule has 0 amide bonds. The molecule has 0 bridgehead atoms. The van der Waals surface area contributed by atoms with Crippen LogP contribution in [0.5, 0.6) is 5.75 Å². The molecule has 1 saturated heterocycles. The largest absolute Gasteiger partial charge is 0.491 e. The SMILES string of the molecule is CC(CCC(c1ccccc1)c1ccc(OCC2CO2)cc1)c1ccccc1. The van der Waals surface area contributed by atoms with Gasteiger partial charge in [0.1, 0.15) is 18.5 Å². The lowest BCUT2D eigenvalue weighted by molar-refractivity contribution is 0.263. The van der Waals surface area contributed by atoms with Crippen LogP contribution in [-0.4, -0.2) is 19.3 Å². The minimum Gasteiger partial charge on any atom is -0.491 e. The third-order valence-electron chi connectivity index (χ3n) is 5.58. The van der Waals surface area contributed by atoms with Gasteiger partial charge in [-0.15, -0.1) is 0 Å². The Labute approximate surface area is 168 Å². The lowest BCUT2D eigenvalue weighted by Crippen LogP contribution is -2.06. The minimum atomic E-state index is 0.288. The third kappa shape index (κ3) is 5.02. The zero-order valence-corrected chi connectivity index (χ0v) is 16.5. The van der Waals surface area contributed by atoms with Gasteiger partial charge in [-0.25, -0.2) is 0 Å². The summed E-state index contributed by atoms with van der Waals surface area (Å²) in [4.78, 5) is 0. The van der Waals surface area contributed by atoms with Crippen molar-refractivity contribution in [1.82, 2.24) is 0 Å². The number of benzene rings is 3. The van der Waals surface area contributed by atoms with Crippen molar-refractivity contribution in [3.8, 4) is 5.75 Å². The Morgan fingerprint density at radius 3 is 1.96 bits per heavy atom. The second kappa shape index (κ2) is 9.07. The van der Waals surface area contributed by atoms with E-state index in [9.17, 15) is 0 Å². The Morgan fingerprint density at radius 2 is 1.36 bits per heavy atom. The van der Waals surface area contributed by atoms with Gasteiger partial charge in [-0.05, 0) is 47.6 Å². The van der Waals surface area contributed by atoms with Crippen molar-refractivity contribution >= 4 is 0 Å². The first kappa shape index (κ1) is 18.8. The van der Waals surface area contributed by atoms with Gasteiger partial charge in [0.25, 0.3) is 0 Å². The van der Waals surface area contributed by atoms with Crippen molar-refractivity contribution in [1.29, 1.82) is 0 Å². The second-order valence-corrected chi connectivity index (χ2v) is 7.69. The van der Waals surface area contributed by atoms with E-state index < -0.39 is 0 Å². The fourth-order valence-corrected chi connectivity index (χ4v) is 3.73. The summed E-state index contributed by atoms with van der Waals surface area (Å²) in [6.07, 6.45) is 2.56. The minimum absolute atomic E-state index is 0.288. The molecule has 3 aromatic rings. The van der Waals surface area contributed by atoms with Crippen LogP contribution >= 0.6 is 0 Å². The number of hydrogen-bond acceptors (Lipinski definition) is 2. The number of epoxide rings is 1. The molecule has 0 saturated carbocycles. The molecule has 3 atom stereocenters. The standard InChI is InChI=1S/C26H28O2/c1-20(21-8-4-2-5-9-21)12-17-26(22-10-6-3-7-11-22)23-13-15-24(16-14-23)27-18-25-19-28-25/h2-11,13-16,20,25-26H,12,17-19H2,1H3. The molecule has 3 aromatic carbocycles. The topological polar surface area (TPSA) is 21.8 Å². The van der Waals surface area contributed by atoms with Crippen LogP contribution in [0.1, 0.15) is 48.3 Å². The maximum atomic E-state index is 5.80. The van der Waals surface area contributed by atoms with Gasteiger partial charge in [0.15, 0.2) is 0 Å². The van der Waals surface area contributed by atoms with E-state index in [0.717, 1.165) is 25.2 Å². The Hall–Kier alpha value is -2.58. The Balaban J connectivity index is 1.47. The van der Waals surface area contributed by atoms with Crippen molar-refractivity contribution in [3.05, 3.63) is 102 Å². The van der Waals surface area contributed by atoms with Crippen LogP contribution in [-0.2, 0) is 4.74 Å². The van der Waals surface area contributed by atoms with Crippen LogP contribution in [0.4, 0.5) is 0 Å². The molecule has 2 nitrogen and oxygen atoms in total. The van der Waals surface area contributed by atoms with Crippen molar-refractivity contribution in [2.45, 2.75) is 37.7 Å². The molecule has 144 valence electrons. The van der Waals surface area contributed by atoms with Crippen LogP contribution < -0.4 is 4.74 Å². The van der Waals surface area contributed by atoms with E-state index in [1.165, 1.54) is 16.7 Å². The molecule has 4 rings (SSSR count).